The van der Waals surface area contributed by atoms with Crippen molar-refractivity contribution in [1.29, 1.82) is 0 Å². The van der Waals surface area contributed by atoms with Crippen LogP contribution in [-0.2, 0) is 18.3 Å². The number of hydrogen-bond donors (Lipinski definition) is 2. The Morgan fingerprint density at radius 1 is 1.33 bits per heavy atom. The van der Waals surface area contributed by atoms with Crippen LogP contribution in [0.5, 0.6) is 0 Å². The molecule has 1 aliphatic heterocycles. The minimum atomic E-state index is -0.598. The first-order valence-electron chi connectivity index (χ1n) is 10.1. The van der Waals surface area contributed by atoms with Crippen LogP contribution < -0.4 is 11.1 Å². The third kappa shape index (κ3) is 5.27. The number of aryl methyl sites for hydroxylation is 2. The van der Waals surface area contributed by atoms with E-state index >= 15 is 0 Å². The van der Waals surface area contributed by atoms with Gasteiger partial charge in [0, 0.05) is 31.9 Å². The molecule has 0 aromatic carbocycles. The summed E-state index contributed by atoms with van der Waals surface area (Å²) in [6.45, 7) is 4.80. The molecule has 0 radical (unpaired) electrons. The van der Waals surface area contributed by atoms with Crippen molar-refractivity contribution < 1.29 is 9.59 Å². The van der Waals surface area contributed by atoms with Gasteiger partial charge in [0.25, 0.3) is 5.91 Å². The van der Waals surface area contributed by atoms with Gasteiger partial charge in [-0.05, 0) is 51.5 Å². The van der Waals surface area contributed by atoms with Crippen LogP contribution in [0, 0.1) is 12.8 Å². The third-order valence-electron chi connectivity index (χ3n) is 5.49. The molecule has 0 spiro atoms. The van der Waals surface area contributed by atoms with Crippen LogP contribution in [0.3, 0.4) is 0 Å². The number of likely N-dealkylation sites (tertiary alicyclic amines) is 1. The molecule has 1 saturated heterocycles. The minimum absolute atomic E-state index is 0.0723. The fraction of sp³-hybridized carbons (Fsp3) is 0.550. The van der Waals surface area contributed by atoms with E-state index in [4.69, 9.17) is 17.3 Å². The van der Waals surface area contributed by atoms with Crippen molar-refractivity contribution in [2.75, 3.05) is 18.8 Å². The zero-order valence-electron chi connectivity index (χ0n) is 17.6. The Morgan fingerprint density at radius 2 is 2.03 bits per heavy atom. The third-order valence-corrected chi connectivity index (χ3v) is 5.81. The van der Waals surface area contributed by atoms with Gasteiger partial charge in [-0.3, -0.25) is 14.3 Å². The van der Waals surface area contributed by atoms with Crippen molar-refractivity contribution >= 4 is 29.2 Å². The second kappa shape index (κ2) is 9.42. The number of nitrogens with two attached hydrogens (primary N) is 1. The van der Waals surface area contributed by atoms with Crippen LogP contribution in [-0.4, -0.2) is 55.6 Å². The summed E-state index contributed by atoms with van der Waals surface area (Å²) < 4.78 is 1.55. The Labute approximate surface area is 181 Å². The lowest BCUT2D eigenvalue weighted by Crippen LogP contribution is -2.49. The van der Waals surface area contributed by atoms with E-state index in [0.29, 0.717) is 41.5 Å². The van der Waals surface area contributed by atoms with Crippen molar-refractivity contribution in [3.8, 4) is 0 Å². The SMILES string of the molecule is Cc1nc(N)c(CCC2CCN(C(=O)[C@H](C)NC(=O)c3ccn(C)n3)CC2)c(Cl)n1. The maximum Gasteiger partial charge on any atom is 0.272 e. The van der Waals surface area contributed by atoms with Gasteiger partial charge in [-0.15, -0.1) is 0 Å². The summed E-state index contributed by atoms with van der Waals surface area (Å²) in [5.74, 6) is 1.07. The predicted octanol–water partition coefficient (Wildman–Crippen LogP) is 1.74. The number of piperidine rings is 1. The Morgan fingerprint density at radius 3 is 2.63 bits per heavy atom. The molecule has 9 nitrogen and oxygen atoms in total. The number of aromatic nitrogens is 4. The van der Waals surface area contributed by atoms with Crippen molar-refractivity contribution in [1.82, 2.24) is 30.0 Å². The largest absolute Gasteiger partial charge is 0.383 e. The van der Waals surface area contributed by atoms with Crippen LogP contribution in [0.4, 0.5) is 5.82 Å². The fourth-order valence-electron chi connectivity index (χ4n) is 3.75. The number of rotatable bonds is 6. The summed E-state index contributed by atoms with van der Waals surface area (Å²) >= 11 is 6.21. The van der Waals surface area contributed by atoms with Gasteiger partial charge in [0.05, 0.1) is 0 Å². The highest BCUT2D eigenvalue weighted by molar-refractivity contribution is 6.30. The molecule has 3 rings (SSSR count). The maximum atomic E-state index is 12.7. The number of anilines is 1. The van der Waals surface area contributed by atoms with Gasteiger partial charge < -0.3 is 16.0 Å². The summed E-state index contributed by atoms with van der Waals surface area (Å²) in [5, 5.41) is 7.21. The Bertz CT molecular complexity index is 899. The molecule has 3 N–H and O–H groups in total. The van der Waals surface area contributed by atoms with E-state index in [9.17, 15) is 9.59 Å². The Balaban J connectivity index is 1.46. The maximum absolute atomic E-state index is 12.7. The number of carbonyl (C=O) groups excluding carboxylic acids is 2. The topological polar surface area (TPSA) is 119 Å². The van der Waals surface area contributed by atoms with Gasteiger partial charge in [-0.25, -0.2) is 9.97 Å². The minimum Gasteiger partial charge on any atom is -0.383 e. The molecule has 30 heavy (non-hydrogen) atoms. The fourth-order valence-corrected chi connectivity index (χ4v) is 4.06. The van der Waals surface area contributed by atoms with Crippen LogP contribution in [0.15, 0.2) is 12.3 Å². The lowest BCUT2D eigenvalue weighted by molar-refractivity contribution is -0.134. The van der Waals surface area contributed by atoms with Gasteiger partial charge in [-0.2, -0.15) is 5.10 Å². The normalized spacial score (nSPS) is 15.8. The number of nitrogens with zero attached hydrogens (tertiary/aromatic N) is 5. The van der Waals surface area contributed by atoms with Crippen molar-refractivity contribution in [3.63, 3.8) is 0 Å². The number of halogens is 1. The van der Waals surface area contributed by atoms with E-state index in [0.717, 1.165) is 31.2 Å². The number of hydrogen-bond acceptors (Lipinski definition) is 6. The van der Waals surface area contributed by atoms with E-state index in [-0.39, 0.29) is 11.8 Å². The molecular formula is C20H28ClN7O2. The molecule has 1 atom stereocenters. The number of amides is 2. The monoisotopic (exact) mass is 433 g/mol. The summed E-state index contributed by atoms with van der Waals surface area (Å²) in [4.78, 5) is 35.1. The molecule has 2 aromatic rings. The summed E-state index contributed by atoms with van der Waals surface area (Å²) in [6, 6.07) is 1.02. The van der Waals surface area contributed by atoms with Crippen LogP contribution in [0.25, 0.3) is 0 Å². The molecule has 3 heterocycles. The van der Waals surface area contributed by atoms with E-state index in [1.54, 1.807) is 37.8 Å². The number of nitrogens with one attached hydrogen (secondary N) is 1. The first kappa shape index (κ1) is 22.0. The zero-order valence-corrected chi connectivity index (χ0v) is 18.3. The molecule has 10 heteroatoms. The molecule has 0 bridgehead atoms. The van der Waals surface area contributed by atoms with Crippen molar-refractivity contribution in [2.24, 2.45) is 13.0 Å². The average molecular weight is 434 g/mol. The number of carbonyl (C=O) groups is 2. The quantitative estimate of drug-likeness (QED) is 0.669. The summed E-state index contributed by atoms with van der Waals surface area (Å²) in [5.41, 5.74) is 7.08. The van der Waals surface area contributed by atoms with Crippen molar-refractivity contribution in [2.45, 2.75) is 45.6 Å². The molecular weight excluding hydrogens is 406 g/mol. The second-order valence-electron chi connectivity index (χ2n) is 7.80. The summed E-state index contributed by atoms with van der Waals surface area (Å²) in [7, 11) is 1.74. The second-order valence-corrected chi connectivity index (χ2v) is 8.16. The van der Waals surface area contributed by atoms with Gasteiger partial charge in [-0.1, -0.05) is 11.6 Å². The highest BCUT2D eigenvalue weighted by Gasteiger charge is 2.27. The summed E-state index contributed by atoms with van der Waals surface area (Å²) in [6.07, 6.45) is 5.13. The van der Waals surface area contributed by atoms with Gasteiger partial charge >= 0.3 is 0 Å². The first-order chi connectivity index (χ1) is 14.2. The molecule has 0 aliphatic carbocycles. The van der Waals surface area contributed by atoms with Crippen LogP contribution in [0.1, 0.15) is 48.1 Å². The first-order valence-corrected chi connectivity index (χ1v) is 10.5. The molecule has 2 aromatic heterocycles. The molecule has 2 amide bonds. The van der Waals surface area contributed by atoms with E-state index in [1.165, 1.54) is 0 Å². The van der Waals surface area contributed by atoms with Gasteiger partial charge in [0.1, 0.15) is 28.5 Å². The smallest absolute Gasteiger partial charge is 0.272 e. The lowest BCUT2D eigenvalue weighted by Gasteiger charge is -2.33. The molecule has 0 unspecified atom stereocenters. The van der Waals surface area contributed by atoms with E-state index in [1.807, 2.05) is 4.90 Å². The van der Waals surface area contributed by atoms with E-state index < -0.39 is 6.04 Å². The Kier molecular flexibility index (Phi) is 6.91. The standard InChI is InChI=1S/C20H28ClN7O2/c1-12(23-19(29)16-8-9-27(3)26-16)20(30)28-10-6-14(7-11-28)4-5-15-17(21)24-13(2)25-18(15)22/h8-9,12,14H,4-7,10-11H2,1-3H3,(H,23,29)(H2,22,24,25)/t12-/m0/s1. The molecule has 1 fully saturated rings. The van der Waals surface area contributed by atoms with Gasteiger partial charge in [0.15, 0.2) is 0 Å². The highest BCUT2D eigenvalue weighted by atomic mass is 35.5. The molecule has 1 aliphatic rings. The van der Waals surface area contributed by atoms with Crippen LogP contribution in [0.2, 0.25) is 5.15 Å². The average Bonchev–Trinajstić information content (AvgIpc) is 3.13. The lowest BCUT2D eigenvalue weighted by atomic mass is 9.90. The predicted molar refractivity (Wildman–Crippen MR) is 114 cm³/mol. The van der Waals surface area contributed by atoms with Crippen LogP contribution >= 0.6 is 11.6 Å². The van der Waals surface area contributed by atoms with Gasteiger partial charge in [0.2, 0.25) is 5.91 Å². The zero-order chi connectivity index (χ0) is 21.8. The molecule has 162 valence electrons. The Hall–Kier alpha value is -2.68. The molecule has 0 saturated carbocycles. The highest BCUT2D eigenvalue weighted by Crippen LogP contribution is 2.26. The van der Waals surface area contributed by atoms with Crippen molar-refractivity contribution in [3.05, 3.63) is 34.5 Å². The number of nitrogen functional groups attached to an aromatic ring is 1. The van der Waals surface area contributed by atoms with E-state index in [2.05, 4.69) is 20.4 Å².